The Labute approximate surface area is 120 Å². The maximum atomic E-state index is 12.1. The third-order valence-corrected chi connectivity index (χ3v) is 4.30. The van der Waals surface area contributed by atoms with E-state index in [9.17, 15) is 20.0 Å². The van der Waals surface area contributed by atoms with Crippen molar-refractivity contribution in [3.05, 3.63) is 33.9 Å². The van der Waals surface area contributed by atoms with Gasteiger partial charge in [-0.15, -0.1) is 0 Å². The van der Waals surface area contributed by atoms with Crippen molar-refractivity contribution < 1.29 is 24.3 Å². The molecule has 1 N–H and O–H groups in total. The number of ether oxygens (including phenoxy) is 2. The lowest BCUT2D eigenvalue weighted by molar-refractivity contribution is -0.543. The predicted octanol–water partition coefficient (Wildman–Crippen LogP) is 1.11. The zero-order chi connectivity index (χ0) is 15.1. The fourth-order valence-electron chi connectivity index (χ4n) is 3.31. The van der Waals surface area contributed by atoms with Gasteiger partial charge in [0.25, 0.3) is 0 Å². The van der Waals surface area contributed by atoms with E-state index in [0.29, 0.717) is 23.5 Å². The highest BCUT2D eigenvalue weighted by Gasteiger charge is 2.53. The second-order valence-corrected chi connectivity index (χ2v) is 5.38. The average Bonchev–Trinajstić information content (AvgIpc) is 2.46. The number of hydrogen-bond acceptors (Lipinski definition) is 6. The first-order chi connectivity index (χ1) is 10.0. The van der Waals surface area contributed by atoms with Gasteiger partial charge in [0.2, 0.25) is 6.04 Å². The van der Waals surface area contributed by atoms with E-state index >= 15 is 0 Å². The quantitative estimate of drug-likeness (QED) is 0.379. The number of carbonyl (C=O) groups excluding carboxylic acids is 1. The third-order valence-electron chi connectivity index (χ3n) is 4.30. The van der Waals surface area contributed by atoms with Crippen molar-refractivity contribution >= 4 is 5.97 Å². The van der Waals surface area contributed by atoms with E-state index in [1.165, 1.54) is 7.11 Å². The smallest absolute Gasteiger partial charge is 0.315 e. The van der Waals surface area contributed by atoms with Gasteiger partial charge in [-0.2, -0.15) is 0 Å². The van der Waals surface area contributed by atoms with Gasteiger partial charge >= 0.3 is 5.97 Å². The van der Waals surface area contributed by atoms with Crippen molar-refractivity contribution in [3.63, 3.8) is 0 Å². The van der Waals surface area contributed by atoms with Crippen LogP contribution in [0, 0.1) is 16.0 Å². The maximum absolute atomic E-state index is 12.1. The lowest BCUT2D eigenvalue weighted by Gasteiger charge is -2.38. The van der Waals surface area contributed by atoms with E-state index in [1.807, 2.05) is 0 Å². The van der Waals surface area contributed by atoms with E-state index in [0.717, 1.165) is 0 Å². The van der Waals surface area contributed by atoms with Crippen LogP contribution >= 0.6 is 0 Å². The summed E-state index contributed by atoms with van der Waals surface area (Å²) in [6.45, 7) is 0. The first-order valence-electron chi connectivity index (χ1n) is 6.74. The highest BCUT2D eigenvalue weighted by Crippen LogP contribution is 2.47. The Kier molecular flexibility index (Phi) is 3.29. The number of aliphatic hydroxyl groups is 1. The van der Waals surface area contributed by atoms with E-state index in [-0.39, 0.29) is 6.42 Å². The van der Waals surface area contributed by atoms with Crippen molar-refractivity contribution in [1.82, 2.24) is 0 Å². The normalized spacial score (nSPS) is 30.9. The number of rotatable bonds is 2. The van der Waals surface area contributed by atoms with Gasteiger partial charge in [-0.05, 0) is 31.0 Å². The second kappa shape index (κ2) is 5.00. The first kappa shape index (κ1) is 13.8. The summed E-state index contributed by atoms with van der Waals surface area (Å²) in [4.78, 5) is 22.9. The molecule has 0 spiro atoms. The molecular weight excluding hydrogens is 278 g/mol. The molecule has 1 aromatic carbocycles. The Bertz CT molecular complexity index is 601. The van der Waals surface area contributed by atoms with Crippen LogP contribution in [-0.2, 0) is 4.79 Å². The van der Waals surface area contributed by atoms with E-state index in [4.69, 9.17) is 9.47 Å². The highest BCUT2D eigenvalue weighted by molar-refractivity contribution is 5.80. The van der Waals surface area contributed by atoms with Crippen molar-refractivity contribution in [2.45, 2.75) is 30.9 Å². The number of hydrogen-bond donors (Lipinski definition) is 1. The molecule has 3 rings (SSSR count). The number of nitro groups is 1. The van der Waals surface area contributed by atoms with Gasteiger partial charge in [0.1, 0.15) is 17.6 Å². The molecule has 1 aliphatic heterocycles. The standard InChI is InChI=1S/C14H15NO6/c1-20-7-2-5-11-9(6-7)12-8(14(17)21-11)3-4-10(16)13(12)15(18)19/h2,5-6,8,10,12-13,16H,3-4H2,1H3/t8-,10-,12+,13-/m1/s1. The van der Waals surface area contributed by atoms with Gasteiger partial charge in [0.15, 0.2) is 0 Å². The van der Waals surface area contributed by atoms with Gasteiger partial charge in [0.05, 0.1) is 18.9 Å². The third kappa shape index (κ3) is 2.13. The molecule has 0 bridgehead atoms. The minimum absolute atomic E-state index is 0.223. The van der Waals surface area contributed by atoms with Crippen LogP contribution in [0.4, 0.5) is 0 Å². The first-order valence-corrected chi connectivity index (χ1v) is 6.74. The summed E-state index contributed by atoms with van der Waals surface area (Å²) in [5.74, 6) is -0.898. The van der Waals surface area contributed by atoms with Crippen molar-refractivity contribution in [2.24, 2.45) is 5.92 Å². The molecule has 7 nitrogen and oxygen atoms in total. The topological polar surface area (TPSA) is 98.9 Å². The van der Waals surface area contributed by atoms with Crippen LogP contribution < -0.4 is 9.47 Å². The molecule has 1 heterocycles. The molecule has 1 aliphatic carbocycles. The van der Waals surface area contributed by atoms with Crippen molar-refractivity contribution in [1.29, 1.82) is 0 Å². The minimum atomic E-state index is -1.21. The molecule has 0 unspecified atom stereocenters. The summed E-state index contributed by atoms with van der Waals surface area (Å²) in [5, 5.41) is 21.3. The Balaban J connectivity index is 2.13. The zero-order valence-electron chi connectivity index (χ0n) is 11.4. The molecule has 1 aromatic rings. The van der Waals surface area contributed by atoms with Crippen LogP contribution in [0.3, 0.4) is 0 Å². The summed E-state index contributed by atoms with van der Waals surface area (Å²) in [5.41, 5.74) is 0.555. The fraction of sp³-hybridized carbons (Fsp3) is 0.500. The van der Waals surface area contributed by atoms with E-state index < -0.39 is 34.9 Å². The number of benzene rings is 1. The summed E-state index contributed by atoms with van der Waals surface area (Å²) in [6.07, 6.45) is -0.460. The Morgan fingerprint density at radius 2 is 2.19 bits per heavy atom. The molecular formula is C14H15NO6. The molecule has 112 valence electrons. The highest BCUT2D eigenvalue weighted by atomic mass is 16.6. The SMILES string of the molecule is COc1ccc2c(c1)[C@H]1[C@H]([N+](=O)[O-])[C@H](O)CC[C@H]1C(=O)O2. The van der Waals surface area contributed by atoms with Crippen LogP contribution in [0.2, 0.25) is 0 Å². The Hall–Kier alpha value is -2.15. The molecule has 0 radical (unpaired) electrons. The summed E-state index contributed by atoms with van der Waals surface area (Å²) in [6, 6.07) is 3.64. The van der Waals surface area contributed by atoms with Crippen molar-refractivity contribution in [3.8, 4) is 11.5 Å². The van der Waals surface area contributed by atoms with E-state index in [1.54, 1.807) is 18.2 Å². The largest absolute Gasteiger partial charge is 0.497 e. The maximum Gasteiger partial charge on any atom is 0.315 e. The molecule has 0 aromatic heterocycles. The Morgan fingerprint density at radius 3 is 2.86 bits per heavy atom. The van der Waals surface area contributed by atoms with E-state index in [2.05, 4.69) is 0 Å². The number of esters is 1. The van der Waals surface area contributed by atoms with Gasteiger partial charge in [-0.25, -0.2) is 0 Å². The minimum Gasteiger partial charge on any atom is -0.497 e. The molecule has 1 saturated carbocycles. The Morgan fingerprint density at radius 1 is 1.43 bits per heavy atom. The molecule has 2 aliphatic rings. The second-order valence-electron chi connectivity index (χ2n) is 5.38. The predicted molar refractivity (Wildman–Crippen MR) is 70.9 cm³/mol. The van der Waals surface area contributed by atoms with Gasteiger partial charge in [0, 0.05) is 10.5 Å². The van der Waals surface area contributed by atoms with Crippen LogP contribution in [0.1, 0.15) is 24.3 Å². The zero-order valence-corrected chi connectivity index (χ0v) is 11.4. The lowest BCUT2D eigenvalue weighted by Crippen LogP contribution is -2.50. The number of carbonyl (C=O) groups is 1. The summed E-state index contributed by atoms with van der Waals surface area (Å²) >= 11 is 0. The number of fused-ring (bicyclic) bond motifs is 3. The van der Waals surface area contributed by atoms with Gasteiger partial charge < -0.3 is 14.6 Å². The monoisotopic (exact) mass is 293 g/mol. The van der Waals surface area contributed by atoms with Gasteiger partial charge in [-0.3, -0.25) is 14.9 Å². The summed E-state index contributed by atoms with van der Waals surface area (Å²) < 4.78 is 10.4. The fourth-order valence-corrected chi connectivity index (χ4v) is 3.31. The average molecular weight is 293 g/mol. The molecule has 0 amide bonds. The van der Waals surface area contributed by atoms with Crippen molar-refractivity contribution in [2.75, 3.05) is 7.11 Å². The molecule has 1 fully saturated rings. The number of nitrogens with zero attached hydrogens (tertiary/aromatic N) is 1. The van der Waals surface area contributed by atoms with Gasteiger partial charge in [-0.1, -0.05) is 0 Å². The molecule has 7 heteroatoms. The molecule has 4 atom stereocenters. The molecule has 21 heavy (non-hydrogen) atoms. The lowest BCUT2D eigenvalue weighted by atomic mass is 9.70. The number of methoxy groups -OCH3 is 1. The number of aliphatic hydroxyl groups excluding tert-OH is 1. The van der Waals surface area contributed by atoms with Crippen LogP contribution in [0.5, 0.6) is 11.5 Å². The molecule has 0 saturated heterocycles. The van der Waals surface area contributed by atoms with Crippen LogP contribution in [0.15, 0.2) is 18.2 Å². The van der Waals surface area contributed by atoms with Crippen LogP contribution in [0.25, 0.3) is 0 Å². The van der Waals surface area contributed by atoms with Crippen LogP contribution in [-0.4, -0.2) is 35.3 Å². The summed E-state index contributed by atoms with van der Waals surface area (Å²) in [7, 11) is 1.49.